The third kappa shape index (κ3) is 3.76. The number of amides is 1. The van der Waals surface area contributed by atoms with Gasteiger partial charge in [-0.25, -0.2) is 9.18 Å². The van der Waals surface area contributed by atoms with Crippen LogP contribution in [0.1, 0.15) is 20.8 Å². The highest BCUT2D eigenvalue weighted by Gasteiger charge is 2.16. The van der Waals surface area contributed by atoms with Crippen LogP contribution in [0.3, 0.4) is 0 Å². The van der Waals surface area contributed by atoms with Crippen LogP contribution in [0.4, 0.5) is 14.9 Å². The van der Waals surface area contributed by atoms with E-state index in [0.29, 0.717) is 5.69 Å². The number of benzene rings is 1. The SMILES string of the molecule is CC(C)(C)NC(=O)Oc1cc(N)ccc1F. The Bertz CT molecular complexity index is 399. The molecule has 5 heteroatoms. The molecule has 0 spiro atoms. The minimum Gasteiger partial charge on any atom is -0.407 e. The Hall–Kier alpha value is -1.78. The highest BCUT2D eigenvalue weighted by molar-refractivity contribution is 5.71. The van der Waals surface area contributed by atoms with Crippen molar-refractivity contribution in [2.75, 3.05) is 5.73 Å². The molecule has 0 aliphatic rings. The number of rotatable bonds is 1. The van der Waals surface area contributed by atoms with E-state index in [2.05, 4.69) is 5.32 Å². The molecule has 0 aliphatic heterocycles. The van der Waals surface area contributed by atoms with Crippen molar-refractivity contribution in [1.82, 2.24) is 5.32 Å². The molecule has 0 aromatic heterocycles. The lowest BCUT2D eigenvalue weighted by Gasteiger charge is -2.19. The van der Waals surface area contributed by atoms with Crippen molar-refractivity contribution in [3.63, 3.8) is 0 Å². The first-order valence-electron chi connectivity index (χ1n) is 4.83. The maximum atomic E-state index is 13.2. The molecule has 4 nitrogen and oxygen atoms in total. The van der Waals surface area contributed by atoms with Crippen molar-refractivity contribution in [3.8, 4) is 5.75 Å². The van der Waals surface area contributed by atoms with Crippen LogP contribution < -0.4 is 15.8 Å². The van der Waals surface area contributed by atoms with Gasteiger partial charge < -0.3 is 15.8 Å². The first kappa shape index (κ1) is 12.3. The molecule has 1 rings (SSSR count). The predicted octanol–water partition coefficient (Wildman–Crippen LogP) is 2.29. The molecule has 0 saturated carbocycles. The normalized spacial score (nSPS) is 11.0. The summed E-state index contributed by atoms with van der Waals surface area (Å²) in [4.78, 5) is 11.4. The zero-order chi connectivity index (χ0) is 12.3. The molecule has 16 heavy (non-hydrogen) atoms. The van der Waals surface area contributed by atoms with E-state index in [1.54, 1.807) is 20.8 Å². The van der Waals surface area contributed by atoms with E-state index in [-0.39, 0.29) is 5.75 Å². The summed E-state index contributed by atoms with van der Waals surface area (Å²) >= 11 is 0. The lowest BCUT2D eigenvalue weighted by atomic mass is 10.1. The molecule has 0 aliphatic carbocycles. The fourth-order valence-electron chi connectivity index (χ4n) is 1.03. The van der Waals surface area contributed by atoms with E-state index in [9.17, 15) is 9.18 Å². The Morgan fingerprint density at radius 2 is 2.06 bits per heavy atom. The molecular formula is C11H15FN2O2. The van der Waals surface area contributed by atoms with Crippen molar-refractivity contribution in [2.24, 2.45) is 0 Å². The van der Waals surface area contributed by atoms with Crippen molar-refractivity contribution >= 4 is 11.8 Å². The number of nitrogens with two attached hydrogens (primary N) is 1. The van der Waals surface area contributed by atoms with Crippen LogP contribution in [0.25, 0.3) is 0 Å². The summed E-state index contributed by atoms with van der Waals surface area (Å²) in [7, 11) is 0. The summed E-state index contributed by atoms with van der Waals surface area (Å²) in [5.74, 6) is -0.806. The Balaban J connectivity index is 2.73. The molecule has 0 unspecified atom stereocenters. The van der Waals surface area contributed by atoms with E-state index in [4.69, 9.17) is 10.5 Å². The van der Waals surface area contributed by atoms with Gasteiger partial charge in [-0.3, -0.25) is 0 Å². The van der Waals surface area contributed by atoms with Crippen LogP contribution in [0.5, 0.6) is 5.75 Å². The zero-order valence-electron chi connectivity index (χ0n) is 9.50. The smallest absolute Gasteiger partial charge is 0.407 e. The number of ether oxygens (including phenoxy) is 1. The van der Waals surface area contributed by atoms with Gasteiger partial charge in [-0.15, -0.1) is 0 Å². The molecular weight excluding hydrogens is 211 g/mol. The molecule has 1 amide bonds. The van der Waals surface area contributed by atoms with Crippen molar-refractivity contribution in [1.29, 1.82) is 0 Å². The number of hydrogen-bond acceptors (Lipinski definition) is 3. The number of hydrogen-bond donors (Lipinski definition) is 2. The fraction of sp³-hybridized carbons (Fsp3) is 0.364. The standard InChI is InChI=1S/C11H15FN2O2/c1-11(2,3)14-10(15)16-9-6-7(13)4-5-8(9)12/h4-6H,13H2,1-3H3,(H,14,15). The topological polar surface area (TPSA) is 64.3 Å². The molecule has 0 radical (unpaired) electrons. The van der Waals surface area contributed by atoms with Crippen LogP contribution in [0.2, 0.25) is 0 Å². The van der Waals surface area contributed by atoms with Crippen LogP contribution in [0.15, 0.2) is 18.2 Å². The maximum absolute atomic E-state index is 13.2. The highest BCUT2D eigenvalue weighted by atomic mass is 19.1. The third-order valence-corrected chi connectivity index (χ3v) is 1.63. The van der Waals surface area contributed by atoms with Crippen molar-refractivity contribution in [3.05, 3.63) is 24.0 Å². The van der Waals surface area contributed by atoms with Gasteiger partial charge in [0, 0.05) is 17.3 Å². The van der Waals surface area contributed by atoms with Gasteiger partial charge in [0.05, 0.1) is 0 Å². The van der Waals surface area contributed by atoms with Gasteiger partial charge in [0.15, 0.2) is 11.6 Å². The average molecular weight is 226 g/mol. The van der Waals surface area contributed by atoms with Gasteiger partial charge in [0.25, 0.3) is 0 Å². The molecule has 0 saturated heterocycles. The summed E-state index contributed by atoms with van der Waals surface area (Å²) in [6.07, 6.45) is -0.711. The molecule has 88 valence electrons. The van der Waals surface area contributed by atoms with E-state index in [1.807, 2.05) is 0 Å². The van der Waals surface area contributed by atoms with Crippen LogP contribution in [0, 0.1) is 5.82 Å². The minimum absolute atomic E-state index is 0.179. The van der Waals surface area contributed by atoms with Crippen LogP contribution in [-0.4, -0.2) is 11.6 Å². The summed E-state index contributed by atoms with van der Waals surface area (Å²) in [6.45, 7) is 5.39. The first-order chi connectivity index (χ1) is 7.28. The number of carbonyl (C=O) groups excluding carboxylic acids is 1. The average Bonchev–Trinajstić information content (AvgIpc) is 2.08. The zero-order valence-corrected chi connectivity index (χ0v) is 9.50. The molecule has 1 aromatic carbocycles. The van der Waals surface area contributed by atoms with Crippen LogP contribution in [-0.2, 0) is 0 Å². The number of carbonyl (C=O) groups is 1. The van der Waals surface area contributed by atoms with Gasteiger partial charge in [0.1, 0.15) is 0 Å². The molecule has 0 bridgehead atoms. The monoisotopic (exact) mass is 226 g/mol. The first-order valence-corrected chi connectivity index (χ1v) is 4.83. The number of nitrogen functional groups attached to an aromatic ring is 1. The largest absolute Gasteiger partial charge is 0.413 e. The van der Waals surface area contributed by atoms with Crippen LogP contribution >= 0.6 is 0 Å². The fourth-order valence-corrected chi connectivity index (χ4v) is 1.03. The summed E-state index contributed by atoms with van der Waals surface area (Å²) in [5.41, 5.74) is 5.35. The number of anilines is 1. The third-order valence-electron chi connectivity index (χ3n) is 1.63. The van der Waals surface area contributed by atoms with E-state index >= 15 is 0 Å². The van der Waals surface area contributed by atoms with Gasteiger partial charge in [-0.05, 0) is 32.9 Å². The molecule has 3 N–H and O–H groups in total. The lowest BCUT2D eigenvalue weighted by molar-refractivity contribution is 0.188. The second-order valence-electron chi connectivity index (χ2n) is 4.45. The van der Waals surface area contributed by atoms with E-state index < -0.39 is 17.4 Å². The highest BCUT2D eigenvalue weighted by Crippen LogP contribution is 2.20. The second kappa shape index (κ2) is 4.38. The number of halogens is 1. The lowest BCUT2D eigenvalue weighted by Crippen LogP contribution is -2.42. The van der Waals surface area contributed by atoms with Crippen molar-refractivity contribution in [2.45, 2.75) is 26.3 Å². The predicted molar refractivity (Wildman–Crippen MR) is 59.7 cm³/mol. The molecule has 0 heterocycles. The summed E-state index contributed by atoms with van der Waals surface area (Å²) in [6, 6.07) is 3.80. The molecule has 0 atom stereocenters. The van der Waals surface area contributed by atoms with E-state index in [0.717, 1.165) is 6.07 Å². The van der Waals surface area contributed by atoms with Gasteiger partial charge >= 0.3 is 6.09 Å². The van der Waals surface area contributed by atoms with Gasteiger partial charge in [-0.1, -0.05) is 0 Å². The van der Waals surface area contributed by atoms with Gasteiger partial charge in [-0.2, -0.15) is 0 Å². The Labute approximate surface area is 93.6 Å². The number of nitrogens with one attached hydrogen (secondary N) is 1. The molecule has 0 fully saturated rings. The van der Waals surface area contributed by atoms with Crippen molar-refractivity contribution < 1.29 is 13.9 Å². The molecule has 1 aromatic rings. The van der Waals surface area contributed by atoms with Gasteiger partial charge in [0.2, 0.25) is 0 Å². The Morgan fingerprint density at radius 1 is 1.44 bits per heavy atom. The summed E-state index contributed by atoms with van der Waals surface area (Å²) in [5, 5.41) is 2.55. The van der Waals surface area contributed by atoms with E-state index in [1.165, 1.54) is 12.1 Å². The summed E-state index contributed by atoms with van der Waals surface area (Å²) < 4.78 is 18.0. The Morgan fingerprint density at radius 3 is 2.62 bits per heavy atom. The Kier molecular flexibility index (Phi) is 3.37. The second-order valence-corrected chi connectivity index (χ2v) is 4.45. The quantitative estimate of drug-likeness (QED) is 0.722. The maximum Gasteiger partial charge on any atom is 0.413 e. The minimum atomic E-state index is -0.711.